The third kappa shape index (κ3) is 5.90. The molecule has 3 rings (SSSR count). The average Bonchev–Trinajstić information content (AvgIpc) is 2.73. The van der Waals surface area contributed by atoms with Crippen molar-refractivity contribution in [1.29, 1.82) is 0 Å². The number of aryl methyl sites for hydroxylation is 1. The van der Waals surface area contributed by atoms with Gasteiger partial charge in [-0.25, -0.2) is 14.6 Å². The first-order chi connectivity index (χ1) is 15.0. The molecule has 2 heterocycles. The van der Waals surface area contributed by atoms with Crippen LogP contribution in [0.5, 0.6) is 0 Å². The van der Waals surface area contributed by atoms with E-state index >= 15 is 0 Å². The molecule has 0 unspecified atom stereocenters. The van der Waals surface area contributed by atoms with Gasteiger partial charge in [0.25, 0.3) is 11.5 Å². The van der Waals surface area contributed by atoms with Crippen molar-refractivity contribution in [3.8, 4) is 0 Å². The third-order valence-corrected chi connectivity index (χ3v) is 5.21. The zero-order valence-electron chi connectivity index (χ0n) is 17.7. The van der Waals surface area contributed by atoms with Crippen LogP contribution in [0.1, 0.15) is 61.6 Å². The van der Waals surface area contributed by atoms with Crippen molar-refractivity contribution >= 4 is 28.8 Å². The summed E-state index contributed by atoms with van der Waals surface area (Å²) in [6.45, 7) is 2.52. The van der Waals surface area contributed by atoms with Crippen LogP contribution in [-0.2, 0) is 22.5 Å². The molecule has 0 saturated carbocycles. The fourth-order valence-corrected chi connectivity index (χ4v) is 3.52. The number of esters is 1. The van der Waals surface area contributed by atoms with Gasteiger partial charge >= 0.3 is 12.0 Å². The fourth-order valence-electron chi connectivity index (χ4n) is 3.52. The summed E-state index contributed by atoms with van der Waals surface area (Å²) in [6.07, 6.45) is 6.58. The van der Waals surface area contributed by atoms with Gasteiger partial charge in [-0.15, -0.1) is 0 Å². The predicted octanol–water partition coefficient (Wildman–Crippen LogP) is 2.30. The Labute approximate surface area is 180 Å². The number of nitrogens with one attached hydrogen (secondary N) is 2. The zero-order valence-corrected chi connectivity index (χ0v) is 17.7. The van der Waals surface area contributed by atoms with Crippen LogP contribution in [0.25, 0.3) is 10.9 Å². The number of hydrogen-bond donors (Lipinski definition) is 2. The van der Waals surface area contributed by atoms with Crippen LogP contribution in [0, 0.1) is 0 Å². The number of urea groups is 1. The number of amides is 3. The lowest BCUT2D eigenvalue weighted by Crippen LogP contribution is -2.41. The van der Waals surface area contributed by atoms with Gasteiger partial charge < -0.3 is 10.1 Å². The number of ether oxygens (including phenoxy) is 1. The molecule has 0 fully saturated rings. The lowest BCUT2D eigenvalue weighted by Gasteiger charge is -2.16. The molecule has 3 amide bonds. The molecule has 0 aliphatic carbocycles. The molecule has 1 aliphatic heterocycles. The molecular formula is C22H28N4O5. The molecule has 1 aliphatic rings. The molecule has 2 aromatic rings. The molecule has 31 heavy (non-hydrogen) atoms. The highest BCUT2D eigenvalue weighted by Crippen LogP contribution is 2.16. The molecule has 0 saturated heterocycles. The van der Waals surface area contributed by atoms with Gasteiger partial charge in [0.1, 0.15) is 5.82 Å². The van der Waals surface area contributed by atoms with Gasteiger partial charge in [0, 0.05) is 19.5 Å². The van der Waals surface area contributed by atoms with Gasteiger partial charge in [0.05, 0.1) is 16.5 Å². The minimum atomic E-state index is -0.725. The molecular weight excluding hydrogens is 400 g/mol. The molecule has 9 nitrogen and oxygen atoms in total. The molecule has 1 aromatic heterocycles. The summed E-state index contributed by atoms with van der Waals surface area (Å²) in [4.78, 5) is 53.2. The van der Waals surface area contributed by atoms with Crippen LogP contribution in [0.4, 0.5) is 4.79 Å². The van der Waals surface area contributed by atoms with Gasteiger partial charge in [-0.3, -0.25) is 19.5 Å². The highest BCUT2D eigenvalue weighted by molar-refractivity contribution is 5.98. The number of fused-ring (bicyclic) bond motifs is 2. The zero-order chi connectivity index (χ0) is 22.2. The van der Waals surface area contributed by atoms with Crippen molar-refractivity contribution in [1.82, 2.24) is 20.2 Å². The normalized spacial score (nSPS) is 13.6. The first kappa shape index (κ1) is 22.5. The molecule has 0 bridgehead atoms. The van der Waals surface area contributed by atoms with Crippen LogP contribution >= 0.6 is 0 Å². The maximum Gasteiger partial charge on any atom is 0.338 e. The minimum Gasteiger partial charge on any atom is -0.452 e. The Morgan fingerprint density at radius 3 is 2.77 bits per heavy atom. The van der Waals surface area contributed by atoms with Crippen LogP contribution in [0.3, 0.4) is 0 Å². The van der Waals surface area contributed by atoms with Crippen molar-refractivity contribution in [3.05, 3.63) is 39.9 Å². The third-order valence-electron chi connectivity index (χ3n) is 5.21. The Bertz CT molecular complexity index is 1030. The van der Waals surface area contributed by atoms with Crippen molar-refractivity contribution in [2.24, 2.45) is 0 Å². The summed E-state index contributed by atoms with van der Waals surface area (Å²) in [5.41, 5.74) is 0.525. The summed E-state index contributed by atoms with van der Waals surface area (Å²) in [7, 11) is 0. The quantitative estimate of drug-likeness (QED) is 0.538. The van der Waals surface area contributed by atoms with E-state index in [1.54, 1.807) is 10.6 Å². The number of nitrogens with zero attached hydrogens (tertiary/aromatic N) is 2. The Hall–Kier alpha value is -3.23. The Morgan fingerprint density at radius 1 is 1.16 bits per heavy atom. The fraction of sp³-hybridized carbons (Fsp3) is 0.500. The van der Waals surface area contributed by atoms with E-state index in [-0.39, 0.29) is 11.1 Å². The van der Waals surface area contributed by atoms with Crippen LogP contribution in [0.15, 0.2) is 23.0 Å². The molecule has 0 radical (unpaired) electrons. The number of benzene rings is 1. The smallest absolute Gasteiger partial charge is 0.338 e. The summed E-state index contributed by atoms with van der Waals surface area (Å²) in [6, 6.07) is 3.93. The first-order valence-electron chi connectivity index (χ1n) is 10.8. The van der Waals surface area contributed by atoms with Gasteiger partial charge in [0.2, 0.25) is 0 Å². The van der Waals surface area contributed by atoms with E-state index in [9.17, 15) is 19.2 Å². The highest BCUT2D eigenvalue weighted by atomic mass is 16.5. The lowest BCUT2D eigenvalue weighted by atomic mass is 10.1. The van der Waals surface area contributed by atoms with Crippen molar-refractivity contribution < 1.29 is 19.1 Å². The maximum atomic E-state index is 12.8. The van der Waals surface area contributed by atoms with Gasteiger partial charge in [-0.1, -0.05) is 26.2 Å². The van der Waals surface area contributed by atoms with E-state index in [1.165, 1.54) is 12.1 Å². The van der Waals surface area contributed by atoms with Crippen LogP contribution in [0.2, 0.25) is 0 Å². The van der Waals surface area contributed by atoms with Crippen molar-refractivity contribution in [2.75, 3.05) is 13.2 Å². The Morgan fingerprint density at radius 2 is 1.97 bits per heavy atom. The molecule has 2 N–H and O–H groups in total. The highest BCUT2D eigenvalue weighted by Gasteiger charge is 2.16. The molecule has 0 atom stereocenters. The van der Waals surface area contributed by atoms with Crippen LogP contribution < -0.4 is 16.2 Å². The van der Waals surface area contributed by atoms with E-state index in [4.69, 9.17) is 4.74 Å². The number of unbranched alkanes of at least 4 members (excludes halogenated alkanes) is 1. The molecule has 166 valence electrons. The van der Waals surface area contributed by atoms with E-state index in [2.05, 4.69) is 15.6 Å². The minimum absolute atomic E-state index is 0.102. The summed E-state index contributed by atoms with van der Waals surface area (Å²) in [5, 5.41) is 5.09. The Balaban J connectivity index is 1.66. The standard InChI is InChI=1S/C22H28N4O5/c1-2-3-11-23-22(30)25-19(27)14-31-21(29)15-9-10-16-17(13-15)24-18-8-6-4-5-7-12-26(18)20(16)28/h9-10,13H,2-8,11-12,14H2,1H3,(H2,23,25,27,30). The largest absolute Gasteiger partial charge is 0.452 e. The predicted molar refractivity (Wildman–Crippen MR) is 115 cm³/mol. The molecule has 9 heteroatoms. The summed E-state index contributed by atoms with van der Waals surface area (Å²) >= 11 is 0. The molecule has 0 spiro atoms. The van der Waals surface area contributed by atoms with Crippen molar-refractivity contribution in [2.45, 2.75) is 58.4 Å². The van der Waals surface area contributed by atoms with Crippen LogP contribution in [-0.4, -0.2) is 40.6 Å². The second kappa shape index (κ2) is 10.7. The first-order valence-corrected chi connectivity index (χ1v) is 10.8. The number of carbonyl (C=O) groups excluding carboxylic acids is 3. The van der Waals surface area contributed by atoms with E-state index in [1.807, 2.05) is 6.92 Å². The van der Waals surface area contributed by atoms with Crippen molar-refractivity contribution in [3.63, 3.8) is 0 Å². The number of rotatable bonds is 6. The van der Waals surface area contributed by atoms with E-state index < -0.39 is 24.5 Å². The Kier molecular flexibility index (Phi) is 7.75. The number of imide groups is 1. The SMILES string of the molecule is CCCCNC(=O)NC(=O)COC(=O)c1ccc2c(=O)n3c(nc2c1)CCCCCC3. The van der Waals surface area contributed by atoms with Gasteiger partial charge in [-0.05, 0) is 37.5 Å². The van der Waals surface area contributed by atoms with E-state index in [0.29, 0.717) is 24.0 Å². The number of carbonyl (C=O) groups is 3. The number of aromatic nitrogens is 2. The second-order valence-electron chi connectivity index (χ2n) is 7.61. The molecule has 1 aromatic carbocycles. The maximum absolute atomic E-state index is 12.8. The average molecular weight is 428 g/mol. The van der Waals surface area contributed by atoms with Gasteiger partial charge in [0.15, 0.2) is 6.61 Å². The summed E-state index contributed by atoms with van der Waals surface area (Å²) in [5.74, 6) is -0.714. The van der Waals surface area contributed by atoms with Gasteiger partial charge in [-0.2, -0.15) is 0 Å². The lowest BCUT2D eigenvalue weighted by molar-refractivity contribution is -0.123. The van der Waals surface area contributed by atoms with E-state index in [0.717, 1.165) is 50.8 Å². The summed E-state index contributed by atoms with van der Waals surface area (Å²) < 4.78 is 6.73. The monoisotopic (exact) mass is 428 g/mol. The topological polar surface area (TPSA) is 119 Å². The number of hydrogen-bond acceptors (Lipinski definition) is 6. The second-order valence-corrected chi connectivity index (χ2v) is 7.61.